The summed E-state index contributed by atoms with van der Waals surface area (Å²) in [5.74, 6) is -0.431. The number of rotatable bonds is 7. The van der Waals surface area contributed by atoms with Crippen LogP contribution in [-0.2, 0) is 27.5 Å². The number of ketones is 1. The lowest BCUT2D eigenvalue weighted by Gasteiger charge is -2.28. The van der Waals surface area contributed by atoms with Crippen molar-refractivity contribution in [2.24, 2.45) is 0 Å². The largest absolute Gasteiger partial charge is 0.507 e. The van der Waals surface area contributed by atoms with Crippen LogP contribution < -0.4 is 4.74 Å². The molecule has 0 unspecified atom stereocenters. The Morgan fingerprint density at radius 2 is 1.23 bits per heavy atom. The summed E-state index contributed by atoms with van der Waals surface area (Å²) in [7, 11) is 0. The summed E-state index contributed by atoms with van der Waals surface area (Å²) in [5, 5.41) is 32.6. The fourth-order valence-electron chi connectivity index (χ4n) is 5.14. The summed E-state index contributed by atoms with van der Waals surface area (Å²) in [4.78, 5) is 26.3. The van der Waals surface area contributed by atoms with Crippen molar-refractivity contribution < 1.29 is 29.6 Å². The number of phenolic OH excluding ortho intramolecular Hbond substituents is 3. The highest BCUT2D eigenvalue weighted by molar-refractivity contribution is 6.11. The molecule has 0 amide bonds. The third-order valence-corrected chi connectivity index (χ3v) is 7.68. The maximum absolute atomic E-state index is 13.6. The van der Waals surface area contributed by atoms with Crippen molar-refractivity contribution in [1.29, 1.82) is 0 Å². The summed E-state index contributed by atoms with van der Waals surface area (Å²) in [5.41, 5.74) is 3.27. The molecule has 3 aromatic carbocycles. The van der Waals surface area contributed by atoms with Crippen molar-refractivity contribution in [1.82, 2.24) is 0 Å². The topological polar surface area (TPSA) is 104 Å². The Hall–Kier alpha value is -3.80. The molecule has 3 N–H and O–H groups in total. The van der Waals surface area contributed by atoms with Crippen molar-refractivity contribution in [3.8, 4) is 23.0 Å². The number of aromatic hydroxyl groups is 3. The summed E-state index contributed by atoms with van der Waals surface area (Å²) >= 11 is 0. The first-order valence-electron chi connectivity index (χ1n) is 14.9. The predicted molar refractivity (Wildman–Crippen MR) is 172 cm³/mol. The van der Waals surface area contributed by atoms with Crippen molar-refractivity contribution >= 4 is 11.8 Å². The monoisotopic (exact) mass is 588 g/mol. The van der Waals surface area contributed by atoms with Crippen LogP contribution in [0.5, 0.6) is 23.0 Å². The molecule has 0 saturated heterocycles. The number of ether oxygens (including phenoxy) is 1. The predicted octanol–water partition coefficient (Wildman–Crippen LogP) is 8.59. The number of benzene rings is 3. The first kappa shape index (κ1) is 33.7. The number of hydrogen-bond acceptors (Lipinski definition) is 6. The first-order valence-corrected chi connectivity index (χ1v) is 14.9. The van der Waals surface area contributed by atoms with E-state index in [0.29, 0.717) is 28.9 Å². The van der Waals surface area contributed by atoms with E-state index >= 15 is 0 Å². The molecular weight excluding hydrogens is 540 g/mol. The maximum atomic E-state index is 13.6. The average molecular weight is 589 g/mol. The fourth-order valence-corrected chi connectivity index (χ4v) is 5.14. The van der Waals surface area contributed by atoms with Crippen molar-refractivity contribution in [3.63, 3.8) is 0 Å². The van der Waals surface area contributed by atoms with Crippen molar-refractivity contribution in [3.05, 3.63) is 81.4 Å². The van der Waals surface area contributed by atoms with E-state index in [-0.39, 0.29) is 40.6 Å². The van der Waals surface area contributed by atoms with E-state index in [2.05, 4.69) is 0 Å². The van der Waals surface area contributed by atoms with E-state index in [1.165, 1.54) is 18.2 Å². The summed E-state index contributed by atoms with van der Waals surface area (Å²) < 4.78 is 5.51. The van der Waals surface area contributed by atoms with Gasteiger partial charge >= 0.3 is 5.97 Å². The molecule has 0 bridgehead atoms. The molecule has 0 heterocycles. The van der Waals surface area contributed by atoms with Crippen LogP contribution in [0.3, 0.4) is 0 Å². The number of carbonyl (C=O) groups is 2. The molecule has 0 spiro atoms. The number of aryl methyl sites for hydroxylation is 1. The second-order valence-corrected chi connectivity index (χ2v) is 14.9. The lowest BCUT2D eigenvalue weighted by molar-refractivity contribution is -0.134. The zero-order chi connectivity index (χ0) is 32.7. The highest BCUT2D eigenvalue weighted by atomic mass is 16.5. The van der Waals surface area contributed by atoms with Gasteiger partial charge in [0.05, 0.1) is 5.56 Å². The quantitative estimate of drug-likeness (QED) is 0.145. The molecule has 0 aliphatic heterocycles. The Kier molecular flexibility index (Phi) is 9.45. The zero-order valence-electron chi connectivity index (χ0n) is 27.6. The lowest BCUT2D eigenvalue weighted by Crippen LogP contribution is -2.19. The molecule has 232 valence electrons. The summed E-state index contributed by atoms with van der Waals surface area (Å²) in [6.45, 7) is 22.0. The van der Waals surface area contributed by atoms with E-state index in [4.69, 9.17) is 4.74 Å². The van der Waals surface area contributed by atoms with Gasteiger partial charge in [-0.2, -0.15) is 0 Å². The van der Waals surface area contributed by atoms with Gasteiger partial charge < -0.3 is 20.1 Å². The number of carbonyl (C=O) groups excluding carboxylic acids is 2. The lowest BCUT2D eigenvalue weighted by atomic mass is 9.77. The van der Waals surface area contributed by atoms with Crippen molar-refractivity contribution in [2.75, 3.05) is 0 Å². The van der Waals surface area contributed by atoms with Gasteiger partial charge in [-0.25, -0.2) is 0 Å². The highest BCUT2D eigenvalue weighted by Gasteiger charge is 2.29. The Balaban J connectivity index is 1.82. The standard InChI is InChI=1S/C37H48O6/c1-21(2)26-16-22(17-27(33(26)41)35(3,4)5)12-15-31(39)43-24-13-14-25(30(38)20-24)32(40)23-18-28(36(6,7)8)34(42)29(19-23)37(9,10)11/h13-14,16-21,38,41-42H,12,15H2,1-11H3. The molecule has 6 heteroatoms. The minimum Gasteiger partial charge on any atom is -0.507 e. The van der Waals surface area contributed by atoms with Gasteiger partial charge in [0.15, 0.2) is 5.78 Å². The smallest absolute Gasteiger partial charge is 0.311 e. The first-order chi connectivity index (χ1) is 19.6. The molecule has 6 nitrogen and oxygen atoms in total. The third-order valence-electron chi connectivity index (χ3n) is 7.68. The molecule has 0 aliphatic carbocycles. The van der Waals surface area contributed by atoms with Gasteiger partial charge in [0.2, 0.25) is 0 Å². The SMILES string of the molecule is CC(C)c1cc(CCC(=O)Oc2ccc(C(=O)c3cc(C(C)(C)C)c(O)c(C(C)(C)C)c3)c(O)c2)cc(C(C)(C)C)c1O. The average Bonchev–Trinajstić information content (AvgIpc) is 2.85. The molecule has 0 radical (unpaired) electrons. The van der Waals surface area contributed by atoms with E-state index in [1.54, 1.807) is 12.1 Å². The van der Waals surface area contributed by atoms with Crippen LogP contribution in [0.1, 0.15) is 132 Å². The zero-order valence-corrected chi connectivity index (χ0v) is 27.6. The van der Waals surface area contributed by atoms with Crippen LogP contribution in [0, 0.1) is 0 Å². The van der Waals surface area contributed by atoms with Gasteiger partial charge in [0.1, 0.15) is 23.0 Å². The number of esters is 1. The van der Waals surface area contributed by atoms with E-state index < -0.39 is 22.6 Å². The molecule has 0 atom stereocenters. The molecule has 3 aromatic rings. The number of phenols is 3. The molecular formula is C37H48O6. The second-order valence-electron chi connectivity index (χ2n) is 14.9. The Labute approximate surface area is 256 Å². The van der Waals surface area contributed by atoms with Crippen LogP contribution in [0.2, 0.25) is 0 Å². The van der Waals surface area contributed by atoms with Gasteiger partial charge in [-0.05, 0) is 69.5 Å². The van der Waals surface area contributed by atoms with Crippen LogP contribution in [-0.4, -0.2) is 27.1 Å². The Morgan fingerprint density at radius 1 is 0.721 bits per heavy atom. The molecule has 43 heavy (non-hydrogen) atoms. The van der Waals surface area contributed by atoms with Gasteiger partial charge in [-0.15, -0.1) is 0 Å². The van der Waals surface area contributed by atoms with E-state index in [9.17, 15) is 24.9 Å². The van der Waals surface area contributed by atoms with E-state index in [1.807, 2.05) is 88.3 Å². The highest BCUT2D eigenvalue weighted by Crippen LogP contribution is 2.41. The minimum atomic E-state index is -0.474. The number of hydrogen-bond donors (Lipinski definition) is 3. The van der Waals surface area contributed by atoms with Gasteiger partial charge in [0.25, 0.3) is 0 Å². The van der Waals surface area contributed by atoms with Gasteiger partial charge in [-0.3, -0.25) is 9.59 Å². The second kappa shape index (κ2) is 12.1. The molecule has 0 aromatic heterocycles. The molecule has 0 aliphatic rings. The van der Waals surface area contributed by atoms with Crippen LogP contribution in [0.15, 0.2) is 42.5 Å². The minimum absolute atomic E-state index is 0.0743. The van der Waals surface area contributed by atoms with Crippen molar-refractivity contribution in [2.45, 2.75) is 111 Å². The Bertz CT molecular complexity index is 1490. The Morgan fingerprint density at radius 3 is 1.70 bits per heavy atom. The molecule has 0 fully saturated rings. The van der Waals surface area contributed by atoms with Crippen LogP contribution in [0.4, 0.5) is 0 Å². The molecule has 0 saturated carbocycles. The van der Waals surface area contributed by atoms with E-state index in [0.717, 1.165) is 16.7 Å². The van der Waals surface area contributed by atoms with Gasteiger partial charge in [-0.1, -0.05) is 88.3 Å². The third kappa shape index (κ3) is 7.78. The van der Waals surface area contributed by atoms with Crippen LogP contribution >= 0.6 is 0 Å². The molecule has 3 rings (SSSR count). The summed E-state index contributed by atoms with van der Waals surface area (Å²) in [6, 6.07) is 11.5. The van der Waals surface area contributed by atoms with Gasteiger partial charge in [0, 0.05) is 29.2 Å². The summed E-state index contributed by atoms with van der Waals surface area (Å²) in [6.07, 6.45) is 0.531. The van der Waals surface area contributed by atoms with Crippen LogP contribution in [0.25, 0.3) is 0 Å². The fraction of sp³-hybridized carbons (Fsp3) is 0.459. The maximum Gasteiger partial charge on any atom is 0.311 e. The normalized spacial score (nSPS) is 12.5.